The van der Waals surface area contributed by atoms with Crippen LogP contribution < -0.4 is 0 Å². The summed E-state index contributed by atoms with van der Waals surface area (Å²) in [5, 5.41) is 20.6. The van der Waals surface area contributed by atoms with Crippen molar-refractivity contribution in [2.45, 2.75) is 270 Å². The highest BCUT2D eigenvalue weighted by Crippen LogP contribution is 2.45. The Morgan fingerprint density at radius 2 is 0.558 bits per heavy atom. The molecule has 0 heterocycles. The van der Waals surface area contributed by atoms with Gasteiger partial charge in [-0.1, -0.05) is 243 Å². The zero-order chi connectivity index (χ0) is 69.5. The summed E-state index contributed by atoms with van der Waals surface area (Å²) in [6, 6.07) is 0. The smallest absolute Gasteiger partial charge is 0.463 e. The Morgan fingerprint density at radius 1 is 0.305 bits per heavy atom. The second-order valence-electron chi connectivity index (χ2n) is 23.3. The highest BCUT2D eigenvalue weighted by molar-refractivity contribution is 7.47. The largest absolute Gasteiger partial charge is 0.472 e. The number of allylic oxidation sites excluding steroid dienone is 26. The van der Waals surface area contributed by atoms with Crippen LogP contribution in [0.2, 0.25) is 0 Å². The molecular formula is C77H126O16P2. The molecule has 0 saturated carbocycles. The van der Waals surface area contributed by atoms with E-state index in [9.17, 15) is 43.5 Å². The lowest BCUT2D eigenvalue weighted by molar-refractivity contribution is -0.161. The molecule has 16 nitrogen and oxygen atoms in total. The predicted octanol–water partition coefficient (Wildman–Crippen LogP) is 20.3. The van der Waals surface area contributed by atoms with Crippen molar-refractivity contribution in [1.82, 2.24) is 0 Å². The first-order valence-corrected chi connectivity index (χ1v) is 38.8. The van der Waals surface area contributed by atoms with E-state index in [-0.39, 0.29) is 19.3 Å². The Labute approximate surface area is 574 Å². The normalized spacial score (nSPS) is 15.1. The molecule has 0 radical (unpaired) electrons. The van der Waals surface area contributed by atoms with E-state index in [1.54, 1.807) is 0 Å². The summed E-state index contributed by atoms with van der Waals surface area (Å²) >= 11 is 0. The van der Waals surface area contributed by atoms with Crippen molar-refractivity contribution in [2.24, 2.45) is 0 Å². The monoisotopic (exact) mass is 1370 g/mol. The molecule has 0 aliphatic carbocycles. The third-order valence-electron chi connectivity index (χ3n) is 14.2. The van der Waals surface area contributed by atoms with E-state index >= 15 is 0 Å². The van der Waals surface area contributed by atoms with Crippen LogP contribution in [0.15, 0.2) is 158 Å². The minimum Gasteiger partial charge on any atom is -0.463 e. The van der Waals surface area contributed by atoms with Gasteiger partial charge in [0.1, 0.15) is 25.4 Å². The standard InChI is InChI=1S/C77H126O16P2/c1-4-7-10-13-16-19-22-25-28-31-34-35-38-40-42-45-48-51-54-57-60-63-75(80)87-66-72(78)67-89-94(83,84)90-68-73(79)69-91-95(85,86)92-71-74(93-77(82)65-62-59-56-53-50-47-44-41-37-33-30-27-24-21-18-15-12-9-6-3)70-88-76(81)64-61-58-55-52-49-46-43-39-36-32-29-26-23-20-17-14-11-8-5-2/h7-8,10-11,16-21,25-30,34-37,39-42,48,51,72-74,78-79H,4-6,9,12-15,22-24,31-33,38,43-47,49-50,52-71H2,1-3H3,(H,83,84)(H,85,86)/b10-7-,11-8-,19-16-,20-17-,21-18-,28-25-,29-26-,30-27-,35-34-,39-36-,41-37-,42-40-,51-48-. The third-order valence-corrected chi connectivity index (χ3v) is 16.1. The van der Waals surface area contributed by atoms with Crippen LogP contribution in [0.1, 0.15) is 252 Å². The summed E-state index contributed by atoms with van der Waals surface area (Å²) < 4.78 is 61.0. The lowest BCUT2D eigenvalue weighted by Crippen LogP contribution is -2.30. The summed E-state index contributed by atoms with van der Waals surface area (Å²) in [7, 11) is -9.82. The first-order valence-electron chi connectivity index (χ1n) is 35.8. The maximum absolute atomic E-state index is 13.0. The van der Waals surface area contributed by atoms with Gasteiger partial charge in [0.15, 0.2) is 6.10 Å². The van der Waals surface area contributed by atoms with E-state index in [2.05, 4.69) is 179 Å². The third kappa shape index (κ3) is 70.3. The summed E-state index contributed by atoms with van der Waals surface area (Å²) in [4.78, 5) is 58.5. The van der Waals surface area contributed by atoms with Gasteiger partial charge in [0.2, 0.25) is 0 Å². The minimum atomic E-state index is -4.95. The Bertz CT molecular complexity index is 2360. The van der Waals surface area contributed by atoms with Crippen LogP contribution in [0.4, 0.5) is 0 Å². The molecule has 0 aromatic carbocycles. The van der Waals surface area contributed by atoms with Gasteiger partial charge in [-0.15, -0.1) is 0 Å². The second-order valence-corrected chi connectivity index (χ2v) is 26.2. The first kappa shape index (κ1) is 90.2. The number of ether oxygens (including phenoxy) is 3. The lowest BCUT2D eigenvalue weighted by Gasteiger charge is -2.21. The molecule has 0 fully saturated rings. The molecule has 0 aliphatic rings. The number of carbonyl (C=O) groups excluding carboxylic acids is 3. The van der Waals surface area contributed by atoms with Crippen LogP contribution in [0.5, 0.6) is 0 Å². The Morgan fingerprint density at radius 3 is 0.905 bits per heavy atom. The molecule has 0 aliphatic heterocycles. The van der Waals surface area contributed by atoms with Crippen molar-refractivity contribution in [3.63, 3.8) is 0 Å². The molecule has 0 amide bonds. The van der Waals surface area contributed by atoms with E-state index < -0.39 is 91.5 Å². The van der Waals surface area contributed by atoms with Crippen molar-refractivity contribution in [1.29, 1.82) is 0 Å². The number of aliphatic hydroxyl groups excluding tert-OH is 2. The minimum absolute atomic E-state index is 0.0798. The number of phosphoric acid groups is 2. The molecule has 0 aromatic heterocycles. The number of hydrogen-bond acceptors (Lipinski definition) is 14. The zero-order valence-electron chi connectivity index (χ0n) is 58.5. The van der Waals surface area contributed by atoms with Gasteiger partial charge >= 0.3 is 33.6 Å². The van der Waals surface area contributed by atoms with Crippen LogP contribution in [0.25, 0.3) is 0 Å². The van der Waals surface area contributed by atoms with Gasteiger partial charge in [-0.3, -0.25) is 32.5 Å². The summed E-state index contributed by atoms with van der Waals surface area (Å²) in [5.41, 5.74) is 0. The quantitative estimate of drug-likeness (QED) is 0.0146. The molecule has 0 rings (SSSR count). The van der Waals surface area contributed by atoms with Crippen molar-refractivity contribution in [2.75, 3.05) is 39.6 Å². The van der Waals surface area contributed by atoms with Gasteiger partial charge in [0.05, 0.1) is 26.4 Å². The second kappa shape index (κ2) is 69.1. The van der Waals surface area contributed by atoms with Crippen LogP contribution in [-0.2, 0) is 55.8 Å². The van der Waals surface area contributed by atoms with E-state index in [0.29, 0.717) is 19.3 Å². The van der Waals surface area contributed by atoms with Gasteiger partial charge in [-0.25, -0.2) is 9.13 Å². The number of carbonyl (C=O) groups is 3. The average molecular weight is 1370 g/mol. The number of hydrogen-bond donors (Lipinski definition) is 4. The lowest BCUT2D eigenvalue weighted by atomic mass is 10.1. The molecule has 0 spiro atoms. The molecule has 540 valence electrons. The highest BCUT2D eigenvalue weighted by Gasteiger charge is 2.29. The zero-order valence-corrected chi connectivity index (χ0v) is 60.3. The SMILES string of the molecule is CC/C=C\C/C=C\C/C=C\C/C=C\C/C=C\C/C=C\CCCCC(=O)OCC(O)COP(=O)(O)OCC(O)COP(=O)(O)OCC(COC(=O)CCCCCCCC/C=C\C/C=C\C/C=C\C/C=C\CC)OC(=O)CCCCCCCC/C=C\C/C=C\C/C=C\CCCCC. The Balaban J connectivity index is 4.79. The number of phosphoric ester groups is 2. The van der Waals surface area contributed by atoms with Crippen LogP contribution >= 0.6 is 15.6 Å². The fraction of sp³-hybridized carbons (Fsp3) is 0.623. The molecule has 5 atom stereocenters. The maximum atomic E-state index is 13.0. The van der Waals surface area contributed by atoms with Crippen molar-refractivity contribution >= 4 is 33.6 Å². The maximum Gasteiger partial charge on any atom is 0.472 e. The molecule has 4 N–H and O–H groups in total. The number of rotatable bonds is 66. The van der Waals surface area contributed by atoms with Crippen molar-refractivity contribution in [3.8, 4) is 0 Å². The van der Waals surface area contributed by atoms with E-state index in [4.69, 9.17) is 32.3 Å². The van der Waals surface area contributed by atoms with E-state index in [1.165, 1.54) is 19.3 Å². The van der Waals surface area contributed by atoms with Gasteiger partial charge in [0, 0.05) is 19.3 Å². The number of aliphatic hydroxyl groups is 2. The first-order chi connectivity index (χ1) is 46.2. The topological polar surface area (TPSA) is 231 Å². The molecule has 95 heavy (non-hydrogen) atoms. The predicted molar refractivity (Wildman–Crippen MR) is 389 cm³/mol. The molecule has 18 heteroatoms. The fourth-order valence-corrected chi connectivity index (χ4v) is 10.4. The van der Waals surface area contributed by atoms with Gasteiger partial charge in [-0.2, -0.15) is 0 Å². The molecule has 0 aromatic rings. The molecule has 5 unspecified atom stereocenters. The summed E-state index contributed by atoms with van der Waals surface area (Å²) in [6.07, 6.45) is 84.2. The Kier molecular flexibility index (Phi) is 65.6. The van der Waals surface area contributed by atoms with Crippen LogP contribution in [0.3, 0.4) is 0 Å². The molecule has 0 bridgehead atoms. The average Bonchev–Trinajstić information content (AvgIpc) is 1.70. The van der Waals surface area contributed by atoms with Crippen molar-refractivity contribution in [3.05, 3.63) is 158 Å². The number of unbranched alkanes of at least 4 members (excludes halogenated alkanes) is 17. The fourth-order valence-electron chi connectivity index (χ4n) is 8.81. The van der Waals surface area contributed by atoms with Crippen LogP contribution in [-0.4, -0.2) is 95.9 Å². The van der Waals surface area contributed by atoms with Gasteiger partial charge < -0.3 is 34.2 Å². The van der Waals surface area contributed by atoms with E-state index in [1.807, 2.05) is 0 Å². The Hall–Kier alpha value is -4.83. The van der Waals surface area contributed by atoms with E-state index in [0.717, 1.165) is 173 Å². The summed E-state index contributed by atoms with van der Waals surface area (Å²) in [5.74, 6) is -1.66. The van der Waals surface area contributed by atoms with Gasteiger partial charge in [-0.05, 0) is 148 Å². The summed E-state index contributed by atoms with van der Waals surface area (Å²) in [6.45, 7) is 2.31. The van der Waals surface area contributed by atoms with Crippen LogP contribution in [0, 0.1) is 0 Å². The highest BCUT2D eigenvalue weighted by atomic mass is 31.2. The van der Waals surface area contributed by atoms with Crippen molar-refractivity contribution < 1.29 is 75.8 Å². The molecule has 0 saturated heterocycles. The number of esters is 3. The molecular weight excluding hydrogens is 1240 g/mol. The van der Waals surface area contributed by atoms with Gasteiger partial charge in [0.25, 0.3) is 0 Å².